The van der Waals surface area contributed by atoms with Gasteiger partial charge < -0.3 is 9.84 Å². The molecule has 1 aromatic rings. The van der Waals surface area contributed by atoms with Crippen LogP contribution in [0, 0.1) is 5.82 Å². The Morgan fingerprint density at radius 3 is 2.88 bits per heavy atom. The first-order valence-electron chi connectivity index (χ1n) is 4.83. The Labute approximate surface area is 101 Å². The van der Waals surface area contributed by atoms with E-state index in [2.05, 4.69) is 20.7 Å². The van der Waals surface area contributed by atoms with Gasteiger partial charge in [-0.15, -0.1) is 0 Å². The number of rotatable bonds is 4. The summed E-state index contributed by atoms with van der Waals surface area (Å²) >= 11 is 3.16. The number of halogens is 2. The zero-order valence-electron chi connectivity index (χ0n) is 8.74. The standard InChI is InChI=1S/C11H12BrFO3/c1-2-16-11(15)10(14)5-7-3-4-8(13)6-9(7)12/h3-4,6,10,14H,2,5H2,1H3. The van der Waals surface area contributed by atoms with E-state index in [1.165, 1.54) is 18.2 Å². The average Bonchev–Trinajstić information content (AvgIpc) is 2.22. The molecule has 1 aromatic carbocycles. The van der Waals surface area contributed by atoms with Crippen LogP contribution in [0.4, 0.5) is 4.39 Å². The number of benzene rings is 1. The summed E-state index contributed by atoms with van der Waals surface area (Å²) in [4.78, 5) is 11.2. The van der Waals surface area contributed by atoms with Gasteiger partial charge in [0.25, 0.3) is 0 Å². The van der Waals surface area contributed by atoms with Gasteiger partial charge >= 0.3 is 5.97 Å². The third kappa shape index (κ3) is 3.57. The molecule has 3 nitrogen and oxygen atoms in total. The summed E-state index contributed by atoms with van der Waals surface area (Å²) in [6.45, 7) is 1.89. The molecule has 16 heavy (non-hydrogen) atoms. The Balaban J connectivity index is 2.69. The van der Waals surface area contributed by atoms with E-state index in [-0.39, 0.29) is 18.8 Å². The highest BCUT2D eigenvalue weighted by Crippen LogP contribution is 2.19. The van der Waals surface area contributed by atoms with E-state index in [9.17, 15) is 14.3 Å². The van der Waals surface area contributed by atoms with Crippen molar-refractivity contribution in [3.05, 3.63) is 34.1 Å². The maximum Gasteiger partial charge on any atom is 0.335 e. The zero-order valence-corrected chi connectivity index (χ0v) is 10.3. The quantitative estimate of drug-likeness (QED) is 0.864. The lowest BCUT2D eigenvalue weighted by molar-refractivity contribution is -0.152. The van der Waals surface area contributed by atoms with Crippen LogP contribution in [0.15, 0.2) is 22.7 Å². The summed E-state index contributed by atoms with van der Waals surface area (Å²) < 4.78 is 18.0. The Bertz CT molecular complexity index is 381. The normalized spacial score (nSPS) is 12.2. The fourth-order valence-electron chi connectivity index (χ4n) is 1.22. The van der Waals surface area contributed by atoms with Crippen LogP contribution in [-0.2, 0) is 16.0 Å². The van der Waals surface area contributed by atoms with Gasteiger partial charge in [0, 0.05) is 10.9 Å². The van der Waals surface area contributed by atoms with Crippen LogP contribution >= 0.6 is 15.9 Å². The third-order valence-electron chi connectivity index (χ3n) is 1.99. The monoisotopic (exact) mass is 290 g/mol. The molecule has 0 aliphatic rings. The number of aliphatic hydroxyl groups is 1. The molecule has 1 atom stereocenters. The van der Waals surface area contributed by atoms with Gasteiger partial charge in [0.2, 0.25) is 0 Å². The van der Waals surface area contributed by atoms with Crippen molar-refractivity contribution >= 4 is 21.9 Å². The molecule has 1 N–H and O–H groups in total. The number of carbonyl (C=O) groups excluding carboxylic acids is 1. The Hall–Kier alpha value is -0.940. The first-order chi connectivity index (χ1) is 7.54. The SMILES string of the molecule is CCOC(=O)C(O)Cc1ccc(F)cc1Br. The fraction of sp³-hybridized carbons (Fsp3) is 0.364. The van der Waals surface area contributed by atoms with Crippen LogP contribution in [0.2, 0.25) is 0 Å². The second-order valence-electron chi connectivity index (χ2n) is 3.21. The maximum absolute atomic E-state index is 12.8. The van der Waals surface area contributed by atoms with Gasteiger partial charge in [-0.3, -0.25) is 0 Å². The lowest BCUT2D eigenvalue weighted by atomic mass is 10.1. The first-order valence-corrected chi connectivity index (χ1v) is 5.62. The average molecular weight is 291 g/mol. The maximum atomic E-state index is 12.8. The number of esters is 1. The molecule has 0 bridgehead atoms. The lowest BCUT2D eigenvalue weighted by Crippen LogP contribution is -2.25. The van der Waals surface area contributed by atoms with Gasteiger partial charge in [0.05, 0.1) is 6.61 Å². The van der Waals surface area contributed by atoms with Crippen molar-refractivity contribution in [2.24, 2.45) is 0 Å². The topological polar surface area (TPSA) is 46.5 Å². The Morgan fingerprint density at radius 1 is 1.62 bits per heavy atom. The summed E-state index contributed by atoms with van der Waals surface area (Å²) in [6.07, 6.45) is -1.12. The van der Waals surface area contributed by atoms with Crippen LogP contribution < -0.4 is 0 Å². The molecule has 0 amide bonds. The van der Waals surface area contributed by atoms with Crippen molar-refractivity contribution in [2.75, 3.05) is 6.61 Å². The van der Waals surface area contributed by atoms with Crippen LogP contribution in [0.3, 0.4) is 0 Å². The smallest absolute Gasteiger partial charge is 0.335 e. The van der Waals surface area contributed by atoms with Crippen molar-refractivity contribution in [3.8, 4) is 0 Å². The highest BCUT2D eigenvalue weighted by Gasteiger charge is 2.17. The molecule has 88 valence electrons. The van der Waals surface area contributed by atoms with E-state index in [4.69, 9.17) is 0 Å². The molecule has 0 aromatic heterocycles. The molecule has 0 saturated carbocycles. The number of hydrogen-bond donors (Lipinski definition) is 1. The zero-order chi connectivity index (χ0) is 12.1. The highest BCUT2D eigenvalue weighted by molar-refractivity contribution is 9.10. The third-order valence-corrected chi connectivity index (χ3v) is 2.73. The van der Waals surface area contributed by atoms with Gasteiger partial charge in [0.1, 0.15) is 5.82 Å². The van der Waals surface area contributed by atoms with Crippen molar-refractivity contribution < 1.29 is 19.0 Å². The minimum absolute atomic E-state index is 0.0969. The molecule has 0 aliphatic heterocycles. The minimum Gasteiger partial charge on any atom is -0.464 e. The summed E-state index contributed by atoms with van der Waals surface area (Å²) in [5.41, 5.74) is 0.655. The predicted octanol–water partition coefficient (Wildman–Crippen LogP) is 2.05. The van der Waals surface area contributed by atoms with E-state index in [1.54, 1.807) is 6.92 Å². The number of carbonyl (C=O) groups is 1. The summed E-state index contributed by atoms with van der Waals surface area (Å²) in [6, 6.07) is 4.08. The molecule has 0 heterocycles. The molecule has 1 rings (SSSR count). The molecule has 0 saturated heterocycles. The largest absolute Gasteiger partial charge is 0.464 e. The Morgan fingerprint density at radius 2 is 2.31 bits per heavy atom. The van der Waals surface area contributed by atoms with Crippen molar-refractivity contribution in [1.29, 1.82) is 0 Å². The highest BCUT2D eigenvalue weighted by atomic mass is 79.9. The van der Waals surface area contributed by atoms with Gasteiger partial charge in [0.15, 0.2) is 6.10 Å². The second-order valence-corrected chi connectivity index (χ2v) is 4.06. The first kappa shape index (κ1) is 13.1. The van der Waals surface area contributed by atoms with Crippen molar-refractivity contribution in [2.45, 2.75) is 19.4 Å². The van der Waals surface area contributed by atoms with E-state index < -0.39 is 12.1 Å². The summed E-state index contributed by atoms with van der Waals surface area (Å²) in [7, 11) is 0. The number of hydrogen-bond acceptors (Lipinski definition) is 3. The van der Waals surface area contributed by atoms with Gasteiger partial charge in [-0.2, -0.15) is 0 Å². The van der Waals surface area contributed by atoms with Crippen LogP contribution in [-0.4, -0.2) is 23.8 Å². The molecular weight excluding hydrogens is 279 g/mol. The molecule has 0 radical (unpaired) electrons. The minimum atomic E-state index is -1.22. The van der Waals surface area contributed by atoms with E-state index >= 15 is 0 Å². The van der Waals surface area contributed by atoms with E-state index in [1.807, 2.05) is 0 Å². The number of ether oxygens (including phenoxy) is 1. The van der Waals surface area contributed by atoms with Crippen LogP contribution in [0.1, 0.15) is 12.5 Å². The molecule has 0 aliphatic carbocycles. The van der Waals surface area contributed by atoms with Crippen molar-refractivity contribution in [1.82, 2.24) is 0 Å². The molecule has 0 spiro atoms. The Kier molecular flexibility index (Phi) is 4.89. The van der Waals surface area contributed by atoms with Gasteiger partial charge in [-0.1, -0.05) is 22.0 Å². The van der Waals surface area contributed by atoms with Crippen molar-refractivity contribution in [3.63, 3.8) is 0 Å². The molecule has 5 heteroatoms. The van der Waals surface area contributed by atoms with E-state index in [0.29, 0.717) is 10.0 Å². The predicted molar refractivity (Wildman–Crippen MR) is 60.4 cm³/mol. The second kappa shape index (κ2) is 5.96. The summed E-state index contributed by atoms with van der Waals surface area (Å²) in [5, 5.41) is 9.51. The lowest BCUT2D eigenvalue weighted by Gasteiger charge is -2.10. The van der Waals surface area contributed by atoms with Crippen LogP contribution in [0.25, 0.3) is 0 Å². The molecule has 0 fully saturated rings. The fourth-order valence-corrected chi connectivity index (χ4v) is 1.73. The van der Waals surface area contributed by atoms with Crippen LogP contribution in [0.5, 0.6) is 0 Å². The van der Waals surface area contributed by atoms with Gasteiger partial charge in [-0.25, -0.2) is 9.18 Å². The number of aliphatic hydroxyl groups excluding tert-OH is 1. The molecular formula is C11H12BrFO3. The van der Waals surface area contributed by atoms with Gasteiger partial charge in [-0.05, 0) is 24.6 Å². The van der Waals surface area contributed by atoms with E-state index in [0.717, 1.165) is 0 Å². The summed E-state index contributed by atoms with van der Waals surface area (Å²) in [5.74, 6) is -1.04. The molecule has 1 unspecified atom stereocenters.